The molecule has 0 aliphatic rings. The number of aromatic nitrogens is 1. The molecule has 3 unspecified atom stereocenters. The van der Waals surface area contributed by atoms with E-state index in [-0.39, 0.29) is 24.2 Å². The lowest BCUT2D eigenvalue weighted by Gasteiger charge is -2.27. The van der Waals surface area contributed by atoms with Gasteiger partial charge in [0.25, 0.3) is 11.9 Å². The van der Waals surface area contributed by atoms with E-state index in [4.69, 9.17) is 4.42 Å². The van der Waals surface area contributed by atoms with Gasteiger partial charge in [-0.1, -0.05) is 0 Å². The highest BCUT2D eigenvalue weighted by molar-refractivity contribution is 7.98. The minimum absolute atomic E-state index is 0.0752. The first kappa shape index (κ1) is 21.3. The molecule has 1 aromatic rings. The van der Waals surface area contributed by atoms with Crippen LogP contribution in [0.4, 0.5) is 6.01 Å². The molecule has 0 saturated heterocycles. The summed E-state index contributed by atoms with van der Waals surface area (Å²) in [6, 6.07) is -0.308. The number of hydrogen-bond acceptors (Lipinski definition) is 8. The van der Waals surface area contributed by atoms with Crippen LogP contribution in [-0.2, 0) is 4.79 Å². The Hall–Kier alpha value is -1.78. The third-order valence-electron chi connectivity index (χ3n) is 3.41. The van der Waals surface area contributed by atoms with Crippen molar-refractivity contribution in [1.29, 1.82) is 0 Å². The SMILES string of the molecule is CSCCC(NC(C)=O)C(O)C(O)CNC(=O)c1coc(N(C)C)n1. The van der Waals surface area contributed by atoms with Gasteiger partial charge in [0.05, 0.1) is 12.1 Å². The molecule has 3 atom stereocenters. The van der Waals surface area contributed by atoms with Gasteiger partial charge in [-0.05, 0) is 18.4 Å². The first-order chi connectivity index (χ1) is 11.8. The van der Waals surface area contributed by atoms with E-state index in [9.17, 15) is 19.8 Å². The molecule has 0 bridgehead atoms. The van der Waals surface area contributed by atoms with E-state index in [0.717, 1.165) is 0 Å². The van der Waals surface area contributed by atoms with E-state index in [2.05, 4.69) is 15.6 Å². The van der Waals surface area contributed by atoms with Crippen LogP contribution in [0.3, 0.4) is 0 Å². The Morgan fingerprint density at radius 1 is 1.40 bits per heavy atom. The molecule has 1 rings (SSSR count). The van der Waals surface area contributed by atoms with E-state index in [1.54, 1.807) is 30.8 Å². The molecule has 25 heavy (non-hydrogen) atoms. The minimum atomic E-state index is -1.23. The molecular formula is C15H26N4O5S. The van der Waals surface area contributed by atoms with Crippen LogP contribution in [-0.4, -0.2) is 77.9 Å². The summed E-state index contributed by atoms with van der Waals surface area (Å²) < 4.78 is 5.12. The molecule has 0 saturated carbocycles. The van der Waals surface area contributed by atoms with E-state index < -0.39 is 24.2 Å². The summed E-state index contributed by atoms with van der Waals surface area (Å²) in [6.07, 6.45) is 1.19. The minimum Gasteiger partial charge on any atom is -0.431 e. The third kappa shape index (κ3) is 6.92. The highest BCUT2D eigenvalue weighted by atomic mass is 32.2. The zero-order valence-electron chi connectivity index (χ0n) is 14.9. The Bertz CT molecular complexity index is 566. The van der Waals surface area contributed by atoms with Crippen molar-refractivity contribution in [3.05, 3.63) is 12.0 Å². The number of nitrogens with zero attached hydrogens (tertiary/aromatic N) is 2. The van der Waals surface area contributed by atoms with Crippen LogP contribution in [0, 0.1) is 0 Å². The molecule has 142 valence electrons. The smallest absolute Gasteiger partial charge is 0.297 e. The first-order valence-corrected chi connectivity index (χ1v) is 9.18. The standard InChI is InChI=1S/C15H26N4O5S/c1-9(20)17-10(5-6-25-4)13(22)12(21)7-16-14(23)11-8-24-15(18-11)19(2)3/h8,10,12-13,21-22H,5-7H2,1-4H3,(H,16,23)(H,17,20). The number of aliphatic hydroxyl groups excluding tert-OH is 2. The fraction of sp³-hybridized carbons (Fsp3) is 0.667. The largest absolute Gasteiger partial charge is 0.431 e. The van der Waals surface area contributed by atoms with Crippen molar-refractivity contribution in [2.75, 3.05) is 37.5 Å². The summed E-state index contributed by atoms with van der Waals surface area (Å²) >= 11 is 1.57. The number of carbonyl (C=O) groups is 2. The van der Waals surface area contributed by atoms with Crippen LogP contribution < -0.4 is 15.5 Å². The molecule has 0 aliphatic carbocycles. The lowest BCUT2D eigenvalue weighted by atomic mass is 10.0. The maximum atomic E-state index is 12.0. The zero-order valence-corrected chi connectivity index (χ0v) is 15.7. The van der Waals surface area contributed by atoms with Gasteiger partial charge in [0.15, 0.2) is 5.69 Å². The maximum absolute atomic E-state index is 12.0. The fourth-order valence-corrected chi connectivity index (χ4v) is 2.57. The second-order valence-electron chi connectivity index (χ2n) is 5.77. The van der Waals surface area contributed by atoms with Crippen LogP contribution >= 0.6 is 11.8 Å². The predicted octanol–water partition coefficient (Wildman–Crippen LogP) is -0.550. The second kappa shape index (κ2) is 10.3. The summed E-state index contributed by atoms with van der Waals surface area (Å²) in [5.74, 6) is -0.101. The van der Waals surface area contributed by atoms with Crippen molar-refractivity contribution < 1.29 is 24.2 Å². The van der Waals surface area contributed by atoms with E-state index in [1.165, 1.54) is 13.2 Å². The fourth-order valence-electron chi connectivity index (χ4n) is 2.08. The van der Waals surface area contributed by atoms with Gasteiger partial charge in [-0.2, -0.15) is 16.7 Å². The molecule has 1 aromatic heterocycles. The van der Waals surface area contributed by atoms with Gasteiger partial charge < -0.3 is 30.2 Å². The molecule has 1 heterocycles. The Labute approximate surface area is 151 Å². The number of aliphatic hydroxyl groups is 2. The lowest BCUT2D eigenvalue weighted by molar-refractivity contribution is -0.121. The van der Waals surface area contributed by atoms with Crippen molar-refractivity contribution >= 4 is 29.6 Å². The topological polar surface area (TPSA) is 128 Å². The maximum Gasteiger partial charge on any atom is 0.297 e. The van der Waals surface area contributed by atoms with Crippen molar-refractivity contribution in [3.8, 4) is 0 Å². The Morgan fingerprint density at radius 3 is 2.60 bits per heavy atom. The van der Waals surface area contributed by atoms with Gasteiger partial charge in [0.2, 0.25) is 5.91 Å². The second-order valence-corrected chi connectivity index (χ2v) is 6.75. The summed E-state index contributed by atoms with van der Waals surface area (Å²) in [6.45, 7) is 1.17. The van der Waals surface area contributed by atoms with Crippen molar-refractivity contribution in [3.63, 3.8) is 0 Å². The molecule has 10 heteroatoms. The summed E-state index contributed by atoms with van der Waals surface area (Å²) in [4.78, 5) is 28.9. The number of amides is 2. The van der Waals surface area contributed by atoms with Crippen LogP contribution in [0.1, 0.15) is 23.8 Å². The lowest BCUT2D eigenvalue weighted by Crippen LogP contribution is -2.51. The Kier molecular flexibility index (Phi) is 8.73. The number of nitrogens with one attached hydrogen (secondary N) is 2. The van der Waals surface area contributed by atoms with Crippen LogP contribution in [0.2, 0.25) is 0 Å². The first-order valence-electron chi connectivity index (χ1n) is 7.79. The summed E-state index contributed by atoms with van der Waals surface area (Å²) in [5, 5.41) is 25.5. The third-order valence-corrected chi connectivity index (χ3v) is 4.05. The van der Waals surface area contributed by atoms with Gasteiger partial charge >= 0.3 is 0 Å². The highest BCUT2D eigenvalue weighted by Gasteiger charge is 2.27. The molecule has 0 spiro atoms. The number of anilines is 1. The van der Waals surface area contributed by atoms with E-state index in [0.29, 0.717) is 12.2 Å². The summed E-state index contributed by atoms with van der Waals surface area (Å²) in [7, 11) is 3.45. The van der Waals surface area contributed by atoms with E-state index >= 15 is 0 Å². The number of oxazole rings is 1. The van der Waals surface area contributed by atoms with Crippen LogP contribution in [0.15, 0.2) is 10.7 Å². The average molecular weight is 374 g/mol. The van der Waals surface area contributed by atoms with Crippen LogP contribution in [0.5, 0.6) is 0 Å². The van der Waals surface area contributed by atoms with Gasteiger partial charge in [-0.15, -0.1) is 0 Å². The molecule has 0 fully saturated rings. The van der Waals surface area contributed by atoms with E-state index in [1.807, 2.05) is 6.26 Å². The Morgan fingerprint density at radius 2 is 2.08 bits per heavy atom. The monoisotopic (exact) mass is 374 g/mol. The van der Waals surface area contributed by atoms with Crippen molar-refractivity contribution in [2.24, 2.45) is 0 Å². The van der Waals surface area contributed by atoms with Crippen molar-refractivity contribution in [1.82, 2.24) is 15.6 Å². The molecule has 4 N–H and O–H groups in total. The predicted molar refractivity (Wildman–Crippen MR) is 95.8 cm³/mol. The molecule has 0 radical (unpaired) electrons. The quantitative estimate of drug-likeness (QED) is 0.429. The normalized spacial score (nSPS) is 14.5. The number of rotatable bonds is 10. The molecule has 0 aromatic carbocycles. The molecule has 0 aliphatic heterocycles. The molecule has 2 amide bonds. The van der Waals surface area contributed by atoms with Gasteiger partial charge in [-0.25, -0.2) is 0 Å². The van der Waals surface area contributed by atoms with Gasteiger partial charge in [-0.3, -0.25) is 9.59 Å². The molecular weight excluding hydrogens is 348 g/mol. The zero-order chi connectivity index (χ0) is 19.0. The van der Waals surface area contributed by atoms with Gasteiger partial charge in [0.1, 0.15) is 12.4 Å². The number of carbonyl (C=O) groups excluding carboxylic acids is 2. The van der Waals surface area contributed by atoms with Crippen LogP contribution in [0.25, 0.3) is 0 Å². The summed E-state index contributed by atoms with van der Waals surface area (Å²) in [5.41, 5.74) is 0.0752. The highest BCUT2D eigenvalue weighted by Crippen LogP contribution is 2.11. The van der Waals surface area contributed by atoms with Crippen molar-refractivity contribution in [2.45, 2.75) is 31.6 Å². The molecule has 9 nitrogen and oxygen atoms in total. The number of hydrogen-bond donors (Lipinski definition) is 4. The number of thioether (sulfide) groups is 1. The van der Waals surface area contributed by atoms with Gasteiger partial charge in [0, 0.05) is 27.6 Å². The average Bonchev–Trinajstić information content (AvgIpc) is 3.05. The Balaban J connectivity index is 2.58.